The number of likely N-dealkylation sites (tertiary alicyclic amines) is 1. The Morgan fingerprint density at radius 2 is 2.40 bits per heavy atom. The largest absolute Gasteiger partial charge is 0.338 e. The summed E-state index contributed by atoms with van der Waals surface area (Å²) in [6, 6.07) is 0. The van der Waals surface area contributed by atoms with Gasteiger partial charge in [-0.25, -0.2) is 0 Å². The molecule has 0 radical (unpaired) electrons. The van der Waals surface area contributed by atoms with E-state index in [0.29, 0.717) is 11.5 Å². The van der Waals surface area contributed by atoms with Gasteiger partial charge in [0.1, 0.15) is 4.60 Å². The summed E-state index contributed by atoms with van der Waals surface area (Å²) < 4.78 is 2.42. The Balaban J connectivity index is 2.18. The monoisotopic (exact) mass is 271 g/mol. The van der Waals surface area contributed by atoms with E-state index in [1.165, 1.54) is 0 Å². The van der Waals surface area contributed by atoms with Crippen LogP contribution in [0.2, 0.25) is 0 Å². The van der Waals surface area contributed by atoms with Gasteiger partial charge in [-0.1, -0.05) is 6.92 Å². The van der Waals surface area contributed by atoms with Gasteiger partial charge in [-0.3, -0.25) is 9.48 Å². The highest BCUT2D eigenvalue weighted by atomic mass is 79.9. The lowest BCUT2D eigenvalue weighted by Gasteiger charge is -2.14. The first-order chi connectivity index (χ1) is 7.09. The number of halogens is 1. The second-order valence-corrected chi connectivity index (χ2v) is 4.87. The van der Waals surface area contributed by atoms with E-state index in [1.807, 2.05) is 11.9 Å². The van der Waals surface area contributed by atoms with E-state index in [0.717, 1.165) is 24.1 Å². The van der Waals surface area contributed by atoms with Crippen molar-refractivity contribution in [2.24, 2.45) is 13.0 Å². The van der Waals surface area contributed by atoms with Gasteiger partial charge in [0, 0.05) is 20.1 Å². The van der Waals surface area contributed by atoms with Crippen LogP contribution in [0.1, 0.15) is 23.7 Å². The van der Waals surface area contributed by atoms with E-state index in [2.05, 4.69) is 28.0 Å². The minimum atomic E-state index is 0.0827. The first kappa shape index (κ1) is 10.7. The summed E-state index contributed by atoms with van der Waals surface area (Å²) in [6.45, 7) is 3.90. The first-order valence-corrected chi connectivity index (χ1v) is 5.85. The van der Waals surface area contributed by atoms with Crippen LogP contribution in [0.4, 0.5) is 0 Å². The predicted octanol–water partition coefficient (Wildman–Crippen LogP) is 1.66. The van der Waals surface area contributed by atoms with Crippen LogP contribution in [-0.4, -0.2) is 33.7 Å². The van der Waals surface area contributed by atoms with Crippen molar-refractivity contribution in [1.82, 2.24) is 14.7 Å². The molecule has 1 unspecified atom stereocenters. The number of aryl methyl sites for hydroxylation is 1. The number of hydrogen-bond acceptors (Lipinski definition) is 2. The van der Waals surface area contributed by atoms with Gasteiger partial charge in [0.25, 0.3) is 5.91 Å². The lowest BCUT2D eigenvalue weighted by atomic mass is 10.2. The fraction of sp³-hybridized carbons (Fsp3) is 0.600. The van der Waals surface area contributed by atoms with Crippen molar-refractivity contribution >= 4 is 21.8 Å². The summed E-state index contributed by atoms with van der Waals surface area (Å²) >= 11 is 3.37. The van der Waals surface area contributed by atoms with E-state index in [1.54, 1.807) is 10.9 Å². The number of rotatable bonds is 1. The molecule has 1 amide bonds. The summed E-state index contributed by atoms with van der Waals surface area (Å²) in [7, 11) is 1.81. The van der Waals surface area contributed by atoms with Gasteiger partial charge >= 0.3 is 0 Å². The molecule has 1 aliphatic heterocycles. The maximum atomic E-state index is 12.1. The Morgan fingerprint density at radius 1 is 1.67 bits per heavy atom. The van der Waals surface area contributed by atoms with Crippen LogP contribution in [0.25, 0.3) is 0 Å². The smallest absolute Gasteiger partial charge is 0.258 e. The van der Waals surface area contributed by atoms with Crippen molar-refractivity contribution in [1.29, 1.82) is 0 Å². The van der Waals surface area contributed by atoms with Crippen LogP contribution in [0, 0.1) is 5.92 Å². The highest BCUT2D eigenvalue weighted by molar-refractivity contribution is 9.10. The lowest BCUT2D eigenvalue weighted by Crippen LogP contribution is -2.28. The number of nitrogens with zero attached hydrogens (tertiary/aromatic N) is 3. The molecule has 0 bridgehead atoms. The van der Waals surface area contributed by atoms with Crippen LogP contribution in [0.3, 0.4) is 0 Å². The molecule has 2 heterocycles. The number of amides is 1. The van der Waals surface area contributed by atoms with Crippen molar-refractivity contribution in [3.63, 3.8) is 0 Å². The number of aromatic nitrogens is 2. The molecule has 1 fully saturated rings. The molecule has 15 heavy (non-hydrogen) atoms. The fourth-order valence-electron chi connectivity index (χ4n) is 1.86. The molecule has 1 atom stereocenters. The summed E-state index contributed by atoms with van der Waals surface area (Å²) in [5, 5.41) is 4.05. The lowest BCUT2D eigenvalue weighted by molar-refractivity contribution is 0.0787. The van der Waals surface area contributed by atoms with E-state index >= 15 is 0 Å². The van der Waals surface area contributed by atoms with Gasteiger partial charge in [0.2, 0.25) is 0 Å². The van der Waals surface area contributed by atoms with Crippen molar-refractivity contribution < 1.29 is 4.79 Å². The third-order valence-corrected chi connectivity index (χ3v) is 3.75. The quantitative estimate of drug-likeness (QED) is 0.780. The molecule has 2 rings (SSSR count). The second-order valence-electron chi connectivity index (χ2n) is 4.12. The fourth-order valence-corrected chi connectivity index (χ4v) is 2.22. The normalized spacial score (nSPS) is 21.0. The van der Waals surface area contributed by atoms with Crippen LogP contribution in [-0.2, 0) is 7.05 Å². The van der Waals surface area contributed by atoms with Crippen molar-refractivity contribution in [2.45, 2.75) is 13.3 Å². The Morgan fingerprint density at radius 3 is 2.87 bits per heavy atom. The Labute approximate surface area is 97.4 Å². The zero-order valence-electron chi connectivity index (χ0n) is 8.90. The second kappa shape index (κ2) is 3.96. The summed E-state index contributed by atoms with van der Waals surface area (Å²) in [4.78, 5) is 14.0. The molecule has 1 aromatic heterocycles. The highest BCUT2D eigenvalue weighted by Gasteiger charge is 2.26. The van der Waals surface area contributed by atoms with Crippen LogP contribution in [0.5, 0.6) is 0 Å². The molecule has 1 aliphatic rings. The Kier molecular flexibility index (Phi) is 2.82. The van der Waals surface area contributed by atoms with Gasteiger partial charge in [-0.05, 0) is 28.3 Å². The van der Waals surface area contributed by atoms with Crippen LogP contribution in [0.15, 0.2) is 10.8 Å². The highest BCUT2D eigenvalue weighted by Crippen LogP contribution is 2.21. The average molecular weight is 272 g/mol. The van der Waals surface area contributed by atoms with Crippen molar-refractivity contribution in [2.75, 3.05) is 13.1 Å². The third-order valence-electron chi connectivity index (χ3n) is 2.81. The topological polar surface area (TPSA) is 38.1 Å². The van der Waals surface area contributed by atoms with Gasteiger partial charge in [-0.15, -0.1) is 0 Å². The van der Waals surface area contributed by atoms with Gasteiger partial charge in [0.05, 0.1) is 11.8 Å². The molecule has 0 aliphatic carbocycles. The molecule has 1 saturated heterocycles. The van der Waals surface area contributed by atoms with E-state index in [-0.39, 0.29) is 5.91 Å². The molecule has 0 spiro atoms. The molecule has 0 aromatic carbocycles. The van der Waals surface area contributed by atoms with Crippen LogP contribution < -0.4 is 0 Å². The Bertz CT molecular complexity index is 388. The summed E-state index contributed by atoms with van der Waals surface area (Å²) in [6.07, 6.45) is 2.72. The van der Waals surface area contributed by atoms with E-state index in [4.69, 9.17) is 0 Å². The maximum Gasteiger partial charge on any atom is 0.258 e. The summed E-state index contributed by atoms with van der Waals surface area (Å²) in [5.41, 5.74) is 0.659. The van der Waals surface area contributed by atoms with Crippen molar-refractivity contribution in [3.05, 3.63) is 16.4 Å². The molecule has 1 aromatic rings. The maximum absolute atomic E-state index is 12.1. The number of hydrogen-bond donors (Lipinski definition) is 0. The van der Waals surface area contributed by atoms with Gasteiger partial charge < -0.3 is 4.90 Å². The summed E-state index contributed by atoms with van der Waals surface area (Å²) in [5.74, 6) is 0.698. The number of carbonyl (C=O) groups is 1. The number of carbonyl (C=O) groups excluding carboxylic acids is 1. The minimum Gasteiger partial charge on any atom is -0.338 e. The Hall–Kier alpha value is -0.840. The molecular formula is C10H14BrN3O. The molecule has 0 saturated carbocycles. The zero-order chi connectivity index (χ0) is 11.0. The molecule has 0 N–H and O–H groups in total. The van der Waals surface area contributed by atoms with Gasteiger partial charge in [-0.2, -0.15) is 5.10 Å². The predicted molar refractivity (Wildman–Crippen MR) is 60.6 cm³/mol. The zero-order valence-corrected chi connectivity index (χ0v) is 10.5. The average Bonchev–Trinajstić information content (AvgIpc) is 2.75. The third kappa shape index (κ3) is 1.93. The molecule has 4 nitrogen and oxygen atoms in total. The van der Waals surface area contributed by atoms with Crippen LogP contribution >= 0.6 is 15.9 Å². The van der Waals surface area contributed by atoms with E-state index in [9.17, 15) is 4.79 Å². The van der Waals surface area contributed by atoms with E-state index < -0.39 is 0 Å². The van der Waals surface area contributed by atoms with Gasteiger partial charge in [0.15, 0.2) is 0 Å². The van der Waals surface area contributed by atoms with Crippen molar-refractivity contribution in [3.8, 4) is 0 Å². The first-order valence-electron chi connectivity index (χ1n) is 5.06. The molecule has 82 valence electrons. The SMILES string of the molecule is CC1CCN(C(=O)c2cnn(C)c2Br)C1. The molecule has 5 heteroatoms. The minimum absolute atomic E-state index is 0.0827. The molecular weight excluding hydrogens is 258 g/mol. The standard InChI is InChI=1S/C10H14BrN3O/c1-7-3-4-14(6-7)10(15)8-5-12-13(2)9(8)11/h5,7H,3-4,6H2,1-2H3.